The highest BCUT2D eigenvalue weighted by atomic mass is 16.5. The predicted molar refractivity (Wildman–Crippen MR) is 269 cm³/mol. The van der Waals surface area contributed by atoms with Gasteiger partial charge in [-0.2, -0.15) is 0 Å². The quantitative estimate of drug-likeness (QED) is 0.0322. The number of aliphatic hydroxyl groups is 2. The third-order valence-electron chi connectivity index (χ3n) is 12.0. The molecule has 0 radical (unpaired) electrons. The Morgan fingerprint density at radius 2 is 0.839 bits per heavy atom. The van der Waals surface area contributed by atoms with Crippen LogP contribution in [0.3, 0.4) is 0 Å². The number of carbonyl (C=O) groups excluding carboxylic acids is 2. The fraction of sp³-hybridized carbons (Fsp3) is 0.821. The summed E-state index contributed by atoms with van der Waals surface area (Å²) in [6.07, 6.45) is 64.2. The zero-order valence-corrected chi connectivity index (χ0v) is 41.1. The molecule has 2 unspecified atom stereocenters. The van der Waals surface area contributed by atoms with E-state index in [0.717, 1.165) is 57.8 Å². The molecule has 0 fully saturated rings. The zero-order chi connectivity index (χ0) is 45.1. The summed E-state index contributed by atoms with van der Waals surface area (Å²) in [5, 5.41) is 22.9. The van der Waals surface area contributed by atoms with Gasteiger partial charge in [0, 0.05) is 12.8 Å². The summed E-state index contributed by atoms with van der Waals surface area (Å²) < 4.78 is 5.46. The molecule has 0 aliphatic heterocycles. The first-order chi connectivity index (χ1) is 30.5. The van der Waals surface area contributed by atoms with E-state index in [1.54, 1.807) is 6.08 Å². The van der Waals surface area contributed by atoms with Crippen LogP contribution in [0.4, 0.5) is 0 Å². The monoisotopic (exact) mass is 870 g/mol. The fourth-order valence-electron chi connectivity index (χ4n) is 7.90. The van der Waals surface area contributed by atoms with Crippen LogP contribution in [-0.4, -0.2) is 47.4 Å². The highest BCUT2D eigenvalue weighted by Gasteiger charge is 2.18. The minimum atomic E-state index is -0.846. The van der Waals surface area contributed by atoms with E-state index in [2.05, 4.69) is 55.6 Å². The number of carbonyl (C=O) groups is 2. The van der Waals surface area contributed by atoms with Gasteiger partial charge in [0.05, 0.1) is 25.4 Å². The summed E-state index contributed by atoms with van der Waals surface area (Å²) in [6.45, 7) is 4.79. The van der Waals surface area contributed by atoms with Crippen LogP contribution in [0.5, 0.6) is 0 Å². The number of rotatable bonds is 49. The molecule has 0 bridgehead atoms. The number of unbranched alkanes of at least 4 members (excludes halogenated alkanes) is 32. The first-order valence-corrected chi connectivity index (χ1v) is 26.9. The lowest BCUT2D eigenvalue weighted by Gasteiger charge is -2.20. The van der Waals surface area contributed by atoms with Gasteiger partial charge in [0.25, 0.3) is 0 Å². The average molecular weight is 870 g/mol. The Bertz CT molecular complexity index is 1050. The Hall–Kier alpha value is -2.18. The first-order valence-electron chi connectivity index (χ1n) is 26.9. The molecule has 1 amide bonds. The number of ether oxygens (including phenoxy) is 1. The topological polar surface area (TPSA) is 95.9 Å². The van der Waals surface area contributed by atoms with Gasteiger partial charge in [-0.05, 0) is 83.5 Å². The molecule has 362 valence electrons. The standard InChI is InChI=1S/C56H103NO5/c1-3-5-7-9-11-13-14-26-30-34-38-42-46-50-56(61)62-51-47-43-39-35-31-28-25-23-21-19-17-15-16-18-20-22-24-27-29-33-37-41-45-49-55(60)57-53(52-58)54(59)48-44-40-36-32-12-10-8-6-4-2/h7,9,13-14,18,20,44,48,53-54,58-59H,3-6,8,10-12,15-17,19,21-43,45-47,49-52H2,1-2H3,(H,57,60)/b9-7-,14-13-,20-18-,48-44+. The number of hydrogen-bond donors (Lipinski definition) is 3. The van der Waals surface area contributed by atoms with E-state index < -0.39 is 12.1 Å². The summed E-state index contributed by atoms with van der Waals surface area (Å²) in [6, 6.07) is -0.631. The number of esters is 1. The Balaban J connectivity index is 3.42. The molecule has 0 aliphatic rings. The van der Waals surface area contributed by atoms with Crippen LogP contribution in [-0.2, 0) is 14.3 Å². The maximum Gasteiger partial charge on any atom is 0.305 e. The predicted octanol–water partition coefficient (Wildman–Crippen LogP) is 16.2. The second-order valence-electron chi connectivity index (χ2n) is 18.2. The number of allylic oxidation sites excluding steroid dienone is 7. The summed E-state index contributed by atoms with van der Waals surface area (Å²) in [4.78, 5) is 24.4. The maximum atomic E-state index is 12.4. The molecule has 0 aliphatic carbocycles. The van der Waals surface area contributed by atoms with Crippen molar-refractivity contribution >= 4 is 11.9 Å². The van der Waals surface area contributed by atoms with Gasteiger partial charge in [-0.25, -0.2) is 0 Å². The second-order valence-corrected chi connectivity index (χ2v) is 18.2. The van der Waals surface area contributed by atoms with E-state index in [-0.39, 0.29) is 18.5 Å². The van der Waals surface area contributed by atoms with Crippen molar-refractivity contribution < 1.29 is 24.5 Å². The van der Waals surface area contributed by atoms with Crippen LogP contribution in [0.1, 0.15) is 271 Å². The lowest BCUT2D eigenvalue weighted by Crippen LogP contribution is -2.45. The SMILES string of the molecule is CCC/C=C\C/C=C\CCCCCCCC(=O)OCCCCCCCCCCCCCC/C=C\CCCCCCCCCC(=O)NC(CO)C(O)/C=C/CCCCCCCCC. The molecule has 62 heavy (non-hydrogen) atoms. The maximum absolute atomic E-state index is 12.4. The molecule has 6 heteroatoms. The van der Waals surface area contributed by atoms with Crippen molar-refractivity contribution in [1.29, 1.82) is 0 Å². The van der Waals surface area contributed by atoms with Crippen LogP contribution < -0.4 is 5.32 Å². The molecule has 0 aromatic carbocycles. The van der Waals surface area contributed by atoms with Gasteiger partial charge >= 0.3 is 5.97 Å². The van der Waals surface area contributed by atoms with Gasteiger partial charge in [0.15, 0.2) is 0 Å². The van der Waals surface area contributed by atoms with Crippen LogP contribution in [0, 0.1) is 0 Å². The highest BCUT2D eigenvalue weighted by molar-refractivity contribution is 5.76. The van der Waals surface area contributed by atoms with Crippen molar-refractivity contribution in [3.8, 4) is 0 Å². The van der Waals surface area contributed by atoms with Crippen molar-refractivity contribution in [2.45, 2.75) is 283 Å². The Kier molecular flexibility index (Phi) is 49.6. The molecule has 0 heterocycles. The van der Waals surface area contributed by atoms with E-state index >= 15 is 0 Å². The molecule has 6 nitrogen and oxygen atoms in total. The highest BCUT2D eigenvalue weighted by Crippen LogP contribution is 2.15. The Labute approximate surface area is 385 Å². The van der Waals surface area contributed by atoms with Crippen molar-refractivity contribution in [2.75, 3.05) is 13.2 Å². The third kappa shape index (κ3) is 47.3. The normalized spacial score (nSPS) is 13.0. The summed E-state index contributed by atoms with van der Waals surface area (Å²) in [5.41, 5.74) is 0. The molecular formula is C56H103NO5. The van der Waals surface area contributed by atoms with Gasteiger partial charge < -0.3 is 20.3 Å². The molecule has 3 N–H and O–H groups in total. The van der Waals surface area contributed by atoms with E-state index in [1.807, 2.05) is 6.08 Å². The molecular weight excluding hydrogens is 767 g/mol. The number of nitrogens with one attached hydrogen (secondary N) is 1. The zero-order valence-electron chi connectivity index (χ0n) is 41.1. The number of amides is 1. The molecule has 0 aromatic rings. The van der Waals surface area contributed by atoms with Crippen molar-refractivity contribution in [2.24, 2.45) is 0 Å². The van der Waals surface area contributed by atoms with E-state index in [0.29, 0.717) is 19.4 Å². The molecule has 2 atom stereocenters. The van der Waals surface area contributed by atoms with Crippen LogP contribution in [0.25, 0.3) is 0 Å². The second kappa shape index (κ2) is 51.5. The third-order valence-corrected chi connectivity index (χ3v) is 12.0. The molecule has 0 saturated carbocycles. The lowest BCUT2D eigenvalue weighted by molar-refractivity contribution is -0.143. The lowest BCUT2D eigenvalue weighted by atomic mass is 10.0. The summed E-state index contributed by atoms with van der Waals surface area (Å²) in [7, 11) is 0. The molecule has 0 spiro atoms. The average Bonchev–Trinajstić information content (AvgIpc) is 3.27. The number of hydrogen-bond acceptors (Lipinski definition) is 5. The molecule has 0 saturated heterocycles. The van der Waals surface area contributed by atoms with Crippen molar-refractivity contribution in [3.05, 3.63) is 48.6 Å². The van der Waals surface area contributed by atoms with Crippen LogP contribution in [0.15, 0.2) is 48.6 Å². The van der Waals surface area contributed by atoms with Gasteiger partial charge in [0.2, 0.25) is 5.91 Å². The fourth-order valence-corrected chi connectivity index (χ4v) is 7.90. The van der Waals surface area contributed by atoms with Crippen molar-refractivity contribution in [1.82, 2.24) is 5.32 Å². The van der Waals surface area contributed by atoms with Crippen LogP contribution in [0.2, 0.25) is 0 Å². The summed E-state index contributed by atoms with van der Waals surface area (Å²) in [5.74, 6) is -0.0837. The van der Waals surface area contributed by atoms with Gasteiger partial charge in [-0.3, -0.25) is 9.59 Å². The molecule has 0 rings (SSSR count). The van der Waals surface area contributed by atoms with E-state index in [1.165, 1.54) is 186 Å². The summed E-state index contributed by atoms with van der Waals surface area (Å²) >= 11 is 0. The van der Waals surface area contributed by atoms with Crippen LogP contribution >= 0.6 is 0 Å². The molecule has 0 aromatic heterocycles. The minimum absolute atomic E-state index is 0.00544. The van der Waals surface area contributed by atoms with E-state index in [4.69, 9.17) is 4.74 Å². The minimum Gasteiger partial charge on any atom is -0.466 e. The van der Waals surface area contributed by atoms with Crippen molar-refractivity contribution in [3.63, 3.8) is 0 Å². The van der Waals surface area contributed by atoms with Gasteiger partial charge in [0.1, 0.15) is 0 Å². The van der Waals surface area contributed by atoms with Gasteiger partial charge in [-0.15, -0.1) is 0 Å². The Morgan fingerprint density at radius 3 is 1.31 bits per heavy atom. The first kappa shape index (κ1) is 59.8. The smallest absolute Gasteiger partial charge is 0.305 e. The Morgan fingerprint density at radius 1 is 0.452 bits per heavy atom. The number of aliphatic hydroxyl groups excluding tert-OH is 2. The largest absolute Gasteiger partial charge is 0.466 e. The van der Waals surface area contributed by atoms with E-state index in [9.17, 15) is 19.8 Å². The van der Waals surface area contributed by atoms with Gasteiger partial charge in [-0.1, -0.05) is 223 Å².